The molecule has 3 aromatic rings. The molecule has 0 spiro atoms. The Bertz CT molecular complexity index is 1140. The minimum atomic E-state index is -0.535. The number of ketones is 1. The normalized spacial score (nSPS) is 10.2. The molecule has 0 unspecified atom stereocenters. The van der Waals surface area contributed by atoms with Crippen molar-refractivity contribution < 1.29 is 9.59 Å². The largest absolute Gasteiger partial charge is 0.326 e. The van der Waals surface area contributed by atoms with Crippen LogP contribution in [0.5, 0.6) is 0 Å². The monoisotopic (exact) mass is 386 g/mol. The summed E-state index contributed by atoms with van der Waals surface area (Å²) in [5.74, 6) is -0.587. The predicted octanol–water partition coefficient (Wildman–Crippen LogP) is 3.01. The second-order valence-electron chi connectivity index (χ2n) is 6.33. The molecule has 0 radical (unpaired) electrons. The van der Waals surface area contributed by atoms with E-state index >= 15 is 0 Å². The van der Waals surface area contributed by atoms with E-state index in [0.717, 1.165) is 4.68 Å². The van der Waals surface area contributed by atoms with Crippen LogP contribution in [0.25, 0.3) is 11.3 Å². The van der Waals surface area contributed by atoms with Crippen LogP contribution in [0.2, 0.25) is 0 Å². The molecule has 0 aliphatic carbocycles. The number of nitriles is 1. The molecule has 7 nitrogen and oxygen atoms in total. The third-order valence-corrected chi connectivity index (χ3v) is 4.19. The fraction of sp³-hybridized carbons (Fsp3) is 0.136. The molecule has 0 saturated heterocycles. The number of carbonyl (C=O) groups excluding carboxylic acids is 2. The van der Waals surface area contributed by atoms with Gasteiger partial charge in [0.1, 0.15) is 0 Å². The quantitative estimate of drug-likeness (QED) is 0.656. The number of aromatic nitrogens is 2. The molecule has 0 fully saturated rings. The number of rotatable bonds is 6. The lowest BCUT2D eigenvalue weighted by atomic mass is 10.0. The summed E-state index contributed by atoms with van der Waals surface area (Å²) in [6.07, 6.45) is 0.0940. The Kier molecular flexibility index (Phi) is 5.95. The van der Waals surface area contributed by atoms with E-state index in [1.165, 1.54) is 13.0 Å². The second-order valence-corrected chi connectivity index (χ2v) is 6.33. The molecule has 29 heavy (non-hydrogen) atoms. The van der Waals surface area contributed by atoms with Crippen molar-refractivity contribution in [1.82, 2.24) is 9.78 Å². The number of nitrogens with zero attached hydrogens (tertiary/aromatic N) is 3. The van der Waals surface area contributed by atoms with Gasteiger partial charge in [-0.1, -0.05) is 42.5 Å². The number of amides is 1. The Morgan fingerprint density at radius 2 is 1.79 bits per heavy atom. The number of hydrogen-bond acceptors (Lipinski definition) is 5. The van der Waals surface area contributed by atoms with E-state index in [9.17, 15) is 14.4 Å². The van der Waals surface area contributed by atoms with Crippen molar-refractivity contribution in [3.05, 3.63) is 82.1 Å². The van der Waals surface area contributed by atoms with Gasteiger partial charge in [-0.3, -0.25) is 14.4 Å². The minimum absolute atomic E-state index is 0.00919. The van der Waals surface area contributed by atoms with E-state index in [-0.39, 0.29) is 24.4 Å². The van der Waals surface area contributed by atoms with Crippen LogP contribution in [0.15, 0.2) is 65.5 Å². The zero-order valence-corrected chi connectivity index (χ0v) is 15.8. The number of nitrogens with one attached hydrogen (secondary N) is 1. The summed E-state index contributed by atoms with van der Waals surface area (Å²) >= 11 is 0. The van der Waals surface area contributed by atoms with Crippen LogP contribution >= 0.6 is 0 Å². The van der Waals surface area contributed by atoms with Crippen LogP contribution in [0.4, 0.5) is 5.69 Å². The highest BCUT2D eigenvalue weighted by atomic mass is 16.2. The molecule has 0 aliphatic heterocycles. The van der Waals surface area contributed by atoms with E-state index in [2.05, 4.69) is 10.4 Å². The molecule has 0 atom stereocenters. The van der Waals surface area contributed by atoms with Crippen LogP contribution in [-0.4, -0.2) is 21.5 Å². The highest BCUT2D eigenvalue weighted by Gasteiger charge is 2.18. The van der Waals surface area contributed by atoms with E-state index in [1.807, 2.05) is 6.07 Å². The van der Waals surface area contributed by atoms with Gasteiger partial charge in [0.25, 0.3) is 5.56 Å². The molecule has 3 rings (SSSR count). The lowest BCUT2D eigenvalue weighted by molar-refractivity contribution is -0.114. The van der Waals surface area contributed by atoms with Crippen LogP contribution in [0, 0.1) is 11.3 Å². The van der Waals surface area contributed by atoms with Gasteiger partial charge in [0.05, 0.1) is 30.3 Å². The van der Waals surface area contributed by atoms with Crippen molar-refractivity contribution in [1.29, 1.82) is 5.26 Å². The fourth-order valence-corrected chi connectivity index (χ4v) is 2.83. The first kappa shape index (κ1) is 19.7. The van der Waals surface area contributed by atoms with E-state index in [4.69, 9.17) is 5.26 Å². The number of hydrogen-bond donors (Lipinski definition) is 1. The Hall–Kier alpha value is -4.05. The maximum Gasteiger partial charge on any atom is 0.278 e. The summed E-state index contributed by atoms with van der Waals surface area (Å²) in [7, 11) is 0. The van der Waals surface area contributed by atoms with Crippen LogP contribution in [0.3, 0.4) is 0 Å². The molecular weight excluding hydrogens is 368 g/mol. The molecule has 0 bridgehead atoms. The molecule has 1 N–H and O–H groups in total. The molecule has 1 heterocycles. The standard InChI is InChI=1S/C22H18N4O3/c1-15(27)24-18-10-8-16(9-11-18)20-14-19(21(28)17-6-3-2-4-7-17)22(29)26(25-20)13-5-12-23/h2-4,6-11,14H,5,13H2,1H3,(H,24,27). The minimum Gasteiger partial charge on any atom is -0.326 e. The number of anilines is 1. The van der Waals surface area contributed by atoms with Gasteiger partial charge < -0.3 is 5.32 Å². The Labute approximate surface area is 167 Å². The summed E-state index contributed by atoms with van der Waals surface area (Å²) in [5, 5.41) is 15.9. The first-order valence-corrected chi connectivity index (χ1v) is 8.96. The van der Waals surface area contributed by atoms with E-state index in [1.54, 1.807) is 54.6 Å². The molecule has 0 saturated carbocycles. The van der Waals surface area contributed by atoms with Crippen molar-refractivity contribution in [3.8, 4) is 17.3 Å². The summed E-state index contributed by atoms with van der Waals surface area (Å²) in [6.45, 7) is 1.50. The number of aryl methyl sites for hydroxylation is 1. The third kappa shape index (κ3) is 4.62. The van der Waals surface area contributed by atoms with Gasteiger partial charge in [0.15, 0.2) is 5.78 Å². The molecule has 2 aromatic carbocycles. The van der Waals surface area contributed by atoms with E-state index < -0.39 is 11.3 Å². The van der Waals surface area contributed by atoms with Crippen LogP contribution < -0.4 is 10.9 Å². The van der Waals surface area contributed by atoms with Crippen molar-refractivity contribution in [2.45, 2.75) is 19.9 Å². The Morgan fingerprint density at radius 3 is 2.41 bits per heavy atom. The topological polar surface area (TPSA) is 105 Å². The Balaban J connectivity index is 2.07. The Morgan fingerprint density at radius 1 is 1.10 bits per heavy atom. The van der Waals surface area contributed by atoms with Crippen molar-refractivity contribution in [3.63, 3.8) is 0 Å². The third-order valence-electron chi connectivity index (χ3n) is 4.19. The number of carbonyl (C=O) groups is 2. The lowest BCUT2D eigenvalue weighted by Crippen LogP contribution is -2.29. The predicted molar refractivity (Wildman–Crippen MR) is 108 cm³/mol. The van der Waals surface area contributed by atoms with Crippen molar-refractivity contribution >= 4 is 17.4 Å². The SMILES string of the molecule is CC(=O)Nc1ccc(-c2cc(C(=O)c3ccccc3)c(=O)n(CCC#N)n2)cc1. The van der Waals surface area contributed by atoms with Crippen LogP contribution in [0.1, 0.15) is 29.3 Å². The fourth-order valence-electron chi connectivity index (χ4n) is 2.83. The van der Waals surface area contributed by atoms with Gasteiger partial charge in [-0.15, -0.1) is 0 Å². The maximum absolute atomic E-state index is 12.9. The molecule has 1 aromatic heterocycles. The van der Waals surface area contributed by atoms with Crippen molar-refractivity contribution in [2.24, 2.45) is 0 Å². The van der Waals surface area contributed by atoms with Crippen LogP contribution in [-0.2, 0) is 11.3 Å². The smallest absolute Gasteiger partial charge is 0.278 e. The zero-order chi connectivity index (χ0) is 20.8. The lowest BCUT2D eigenvalue weighted by Gasteiger charge is -2.10. The average Bonchev–Trinajstić information content (AvgIpc) is 2.73. The summed E-state index contributed by atoms with van der Waals surface area (Å²) in [5.41, 5.74) is 1.58. The molecule has 1 amide bonds. The van der Waals surface area contributed by atoms with Gasteiger partial charge in [0.2, 0.25) is 5.91 Å². The average molecular weight is 386 g/mol. The van der Waals surface area contributed by atoms with Gasteiger partial charge in [-0.25, -0.2) is 4.68 Å². The first-order chi connectivity index (χ1) is 14.0. The highest BCUT2D eigenvalue weighted by molar-refractivity contribution is 6.09. The zero-order valence-electron chi connectivity index (χ0n) is 15.8. The molecule has 7 heteroatoms. The summed E-state index contributed by atoms with van der Waals surface area (Å²) < 4.78 is 1.15. The number of benzene rings is 2. The molecule has 0 aliphatic rings. The highest BCUT2D eigenvalue weighted by Crippen LogP contribution is 2.20. The molecule has 144 valence electrons. The first-order valence-electron chi connectivity index (χ1n) is 8.96. The second kappa shape index (κ2) is 8.76. The van der Waals surface area contributed by atoms with E-state index in [0.29, 0.717) is 22.5 Å². The van der Waals surface area contributed by atoms with Gasteiger partial charge in [-0.2, -0.15) is 10.4 Å². The summed E-state index contributed by atoms with van der Waals surface area (Å²) in [6, 6.07) is 18.9. The van der Waals surface area contributed by atoms with Crippen molar-refractivity contribution in [2.75, 3.05) is 5.32 Å². The maximum atomic E-state index is 12.9. The van der Waals surface area contributed by atoms with Gasteiger partial charge in [0, 0.05) is 23.7 Å². The summed E-state index contributed by atoms with van der Waals surface area (Å²) in [4.78, 5) is 36.8. The van der Waals surface area contributed by atoms with Gasteiger partial charge >= 0.3 is 0 Å². The molecular formula is C22H18N4O3. The van der Waals surface area contributed by atoms with Gasteiger partial charge in [-0.05, 0) is 18.2 Å².